The Morgan fingerprint density at radius 2 is 2.33 bits per heavy atom. The lowest BCUT2D eigenvalue weighted by molar-refractivity contribution is 0.816. The quantitative estimate of drug-likeness (QED) is 0.567. The van der Waals surface area contributed by atoms with E-state index in [1.165, 1.54) is 5.56 Å². The highest BCUT2D eigenvalue weighted by atomic mass is 32.2. The van der Waals surface area contributed by atoms with Crippen molar-refractivity contribution in [3.63, 3.8) is 0 Å². The summed E-state index contributed by atoms with van der Waals surface area (Å²) in [6.07, 6.45) is 5.24. The van der Waals surface area contributed by atoms with Crippen molar-refractivity contribution >= 4 is 22.8 Å². The number of nitrogens with zero attached hydrogens (tertiary/aromatic N) is 2. The van der Waals surface area contributed by atoms with Gasteiger partial charge in [0.25, 0.3) is 0 Å². The average Bonchev–Trinajstić information content (AvgIpc) is 2.52. The van der Waals surface area contributed by atoms with Gasteiger partial charge in [-0.15, -0.1) is 6.42 Å². The zero-order chi connectivity index (χ0) is 10.8. The number of hydrogen-bond acceptors (Lipinski definition) is 2. The zero-order valence-electron chi connectivity index (χ0n) is 8.82. The molecule has 0 N–H and O–H groups in total. The molecule has 0 spiro atoms. The molecule has 2 nitrogen and oxygen atoms in total. The first-order valence-electron chi connectivity index (χ1n) is 4.71. The molecular formula is C12H12N2S. The second-order valence-electron chi connectivity index (χ2n) is 3.44. The van der Waals surface area contributed by atoms with E-state index in [9.17, 15) is 0 Å². The van der Waals surface area contributed by atoms with Gasteiger partial charge in [-0.25, -0.2) is 4.98 Å². The second kappa shape index (κ2) is 4.00. The van der Waals surface area contributed by atoms with Crippen molar-refractivity contribution in [2.45, 2.75) is 12.1 Å². The lowest BCUT2D eigenvalue weighted by atomic mass is 10.2. The highest BCUT2D eigenvalue weighted by molar-refractivity contribution is 7.99. The molecule has 0 saturated heterocycles. The van der Waals surface area contributed by atoms with Crippen LogP contribution in [-0.2, 0) is 7.05 Å². The molecule has 1 aromatic heterocycles. The number of fused-ring (bicyclic) bond motifs is 1. The largest absolute Gasteiger partial charge is 0.322 e. The van der Waals surface area contributed by atoms with Crippen LogP contribution in [0.15, 0.2) is 23.4 Å². The number of benzene rings is 1. The molecule has 15 heavy (non-hydrogen) atoms. The molecule has 0 radical (unpaired) electrons. The third-order valence-corrected chi connectivity index (χ3v) is 3.21. The third-order valence-electron chi connectivity index (χ3n) is 2.28. The summed E-state index contributed by atoms with van der Waals surface area (Å²) in [5, 5.41) is 0.980. The Hall–Kier alpha value is -1.40. The average molecular weight is 216 g/mol. The van der Waals surface area contributed by atoms with Gasteiger partial charge in [-0.2, -0.15) is 0 Å². The van der Waals surface area contributed by atoms with E-state index in [0.717, 1.165) is 16.2 Å². The summed E-state index contributed by atoms with van der Waals surface area (Å²) in [6.45, 7) is 2.07. The monoisotopic (exact) mass is 216 g/mol. The number of rotatable bonds is 2. The van der Waals surface area contributed by atoms with E-state index < -0.39 is 0 Å². The Labute approximate surface area is 93.7 Å². The van der Waals surface area contributed by atoms with Crippen LogP contribution < -0.4 is 0 Å². The number of terminal acetylenes is 1. The molecule has 0 atom stereocenters. The van der Waals surface area contributed by atoms with Gasteiger partial charge in [0.1, 0.15) is 0 Å². The van der Waals surface area contributed by atoms with E-state index in [1.54, 1.807) is 11.8 Å². The predicted molar refractivity (Wildman–Crippen MR) is 65.0 cm³/mol. The van der Waals surface area contributed by atoms with E-state index in [1.807, 2.05) is 7.05 Å². The van der Waals surface area contributed by atoms with Crippen LogP contribution in [0.25, 0.3) is 11.0 Å². The van der Waals surface area contributed by atoms with Gasteiger partial charge in [0.2, 0.25) is 0 Å². The van der Waals surface area contributed by atoms with Crippen LogP contribution in [0, 0.1) is 19.3 Å². The maximum atomic E-state index is 5.24. The fraction of sp³-hybridized carbons (Fsp3) is 0.250. The Morgan fingerprint density at radius 1 is 1.53 bits per heavy atom. The first kappa shape index (κ1) is 10.1. The summed E-state index contributed by atoms with van der Waals surface area (Å²) in [4.78, 5) is 4.54. The van der Waals surface area contributed by atoms with Crippen molar-refractivity contribution in [3.05, 3.63) is 23.8 Å². The predicted octanol–water partition coefficient (Wildman–Crippen LogP) is 2.61. The molecule has 0 bridgehead atoms. The Morgan fingerprint density at radius 3 is 3.07 bits per heavy atom. The Bertz CT molecular complexity index is 534. The highest BCUT2D eigenvalue weighted by Crippen LogP contribution is 2.22. The fourth-order valence-electron chi connectivity index (χ4n) is 1.52. The molecule has 0 aliphatic heterocycles. The topological polar surface area (TPSA) is 17.8 Å². The molecule has 0 aliphatic rings. The standard InChI is InChI=1S/C12H12N2S/c1-4-7-15-12-13-10-8-9(2)5-6-11(10)14(12)3/h1,5-6,8H,7H2,2-3H3. The zero-order valence-corrected chi connectivity index (χ0v) is 9.64. The normalized spacial score (nSPS) is 10.5. The first-order valence-corrected chi connectivity index (χ1v) is 5.70. The number of hydrogen-bond donors (Lipinski definition) is 0. The highest BCUT2D eigenvalue weighted by Gasteiger charge is 2.06. The number of aromatic nitrogens is 2. The van der Waals surface area contributed by atoms with Gasteiger partial charge >= 0.3 is 0 Å². The number of thioether (sulfide) groups is 1. The van der Waals surface area contributed by atoms with Crippen LogP contribution >= 0.6 is 11.8 Å². The third kappa shape index (κ3) is 1.86. The van der Waals surface area contributed by atoms with Gasteiger partial charge in [-0.3, -0.25) is 0 Å². The summed E-state index contributed by atoms with van der Waals surface area (Å²) in [6, 6.07) is 6.28. The van der Waals surface area contributed by atoms with Gasteiger partial charge in [0.15, 0.2) is 5.16 Å². The minimum Gasteiger partial charge on any atom is -0.322 e. The van der Waals surface area contributed by atoms with E-state index >= 15 is 0 Å². The molecule has 0 saturated carbocycles. The van der Waals surface area contributed by atoms with Crippen LogP contribution in [0.4, 0.5) is 0 Å². The maximum Gasteiger partial charge on any atom is 0.169 e. The van der Waals surface area contributed by atoms with Crippen molar-refractivity contribution < 1.29 is 0 Å². The molecule has 1 aromatic carbocycles. The SMILES string of the molecule is C#CCSc1nc2cc(C)ccc2n1C. The summed E-state index contributed by atoms with van der Waals surface area (Å²) >= 11 is 1.59. The molecule has 1 heterocycles. The number of aryl methyl sites for hydroxylation is 2. The smallest absolute Gasteiger partial charge is 0.169 e. The molecular weight excluding hydrogens is 204 g/mol. The van der Waals surface area contributed by atoms with Gasteiger partial charge in [0.05, 0.1) is 16.8 Å². The minimum atomic E-state index is 0.663. The van der Waals surface area contributed by atoms with Gasteiger partial charge in [-0.1, -0.05) is 23.7 Å². The van der Waals surface area contributed by atoms with E-state index in [4.69, 9.17) is 6.42 Å². The summed E-state index contributed by atoms with van der Waals surface area (Å²) in [5.74, 6) is 3.27. The summed E-state index contributed by atoms with van der Waals surface area (Å²) in [7, 11) is 2.02. The summed E-state index contributed by atoms with van der Waals surface area (Å²) < 4.78 is 2.08. The Balaban J connectivity index is 2.50. The van der Waals surface area contributed by atoms with Crippen LogP contribution in [0.2, 0.25) is 0 Å². The van der Waals surface area contributed by atoms with Crippen molar-refractivity contribution in [3.8, 4) is 12.3 Å². The lowest BCUT2D eigenvalue weighted by Gasteiger charge is -1.98. The second-order valence-corrected chi connectivity index (χ2v) is 4.38. The van der Waals surface area contributed by atoms with E-state index in [-0.39, 0.29) is 0 Å². The Kier molecular flexibility index (Phi) is 2.70. The van der Waals surface area contributed by atoms with E-state index in [2.05, 4.69) is 40.6 Å². The van der Waals surface area contributed by atoms with Crippen LogP contribution in [0.5, 0.6) is 0 Å². The molecule has 0 fully saturated rings. The first-order chi connectivity index (χ1) is 7.22. The van der Waals surface area contributed by atoms with Crippen molar-refractivity contribution in [1.29, 1.82) is 0 Å². The maximum absolute atomic E-state index is 5.24. The van der Waals surface area contributed by atoms with Crippen molar-refractivity contribution in [1.82, 2.24) is 9.55 Å². The lowest BCUT2D eigenvalue weighted by Crippen LogP contribution is -1.90. The molecule has 0 unspecified atom stereocenters. The van der Waals surface area contributed by atoms with Gasteiger partial charge < -0.3 is 4.57 Å². The molecule has 3 heteroatoms. The molecule has 0 aliphatic carbocycles. The van der Waals surface area contributed by atoms with Crippen molar-refractivity contribution in [2.24, 2.45) is 7.05 Å². The van der Waals surface area contributed by atoms with Crippen molar-refractivity contribution in [2.75, 3.05) is 5.75 Å². The molecule has 0 amide bonds. The van der Waals surface area contributed by atoms with Gasteiger partial charge in [0, 0.05) is 7.05 Å². The molecule has 2 aromatic rings. The van der Waals surface area contributed by atoms with Crippen LogP contribution in [0.1, 0.15) is 5.56 Å². The van der Waals surface area contributed by atoms with Crippen LogP contribution in [-0.4, -0.2) is 15.3 Å². The van der Waals surface area contributed by atoms with Crippen LogP contribution in [0.3, 0.4) is 0 Å². The minimum absolute atomic E-state index is 0.663. The fourth-order valence-corrected chi connectivity index (χ4v) is 2.19. The summed E-state index contributed by atoms with van der Waals surface area (Å²) in [5.41, 5.74) is 3.42. The number of imidazole rings is 1. The van der Waals surface area contributed by atoms with Gasteiger partial charge in [-0.05, 0) is 24.6 Å². The van der Waals surface area contributed by atoms with E-state index in [0.29, 0.717) is 5.75 Å². The molecule has 2 rings (SSSR count). The molecule has 76 valence electrons.